The monoisotopic (exact) mass is 396 g/mol. The molecule has 1 aliphatic rings. The quantitative estimate of drug-likeness (QED) is 0.636. The van der Waals surface area contributed by atoms with Crippen LogP contribution in [-0.2, 0) is 6.61 Å². The van der Waals surface area contributed by atoms with Crippen LogP contribution in [0.3, 0.4) is 0 Å². The highest BCUT2D eigenvalue weighted by molar-refractivity contribution is 6.07. The maximum atomic E-state index is 12.9. The standard InChI is InChI=1S/C22H24N2O5/c1-14-19(20(26)24-22(13-25)8-4-9-22)17-11-16(6-7-18(17)29-14)28-12-15-5-3-10-23-21(15)27-2/h3,5-7,10-11,25H,4,8-9,12-13H2,1-2H3,(H,24,26). The first-order valence-corrected chi connectivity index (χ1v) is 9.62. The van der Waals surface area contributed by atoms with E-state index < -0.39 is 5.54 Å². The van der Waals surface area contributed by atoms with Crippen molar-refractivity contribution in [3.8, 4) is 11.6 Å². The molecule has 0 unspecified atom stereocenters. The second kappa shape index (κ2) is 7.75. The largest absolute Gasteiger partial charge is 0.489 e. The van der Waals surface area contributed by atoms with Gasteiger partial charge in [-0.2, -0.15) is 0 Å². The number of hydrogen-bond acceptors (Lipinski definition) is 6. The van der Waals surface area contributed by atoms with Crippen LogP contribution >= 0.6 is 0 Å². The molecule has 0 spiro atoms. The molecule has 7 heteroatoms. The number of ether oxygens (including phenoxy) is 2. The minimum Gasteiger partial charge on any atom is -0.489 e. The van der Waals surface area contributed by atoms with Crippen LogP contribution in [0.2, 0.25) is 0 Å². The van der Waals surface area contributed by atoms with Gasteiger partial charge in [0.2, 0.25) is 5.88 Å². The van der Waals surface area contributed by atoms with Gasteiger partial charge in [-0.15, -0.1) is 0 Å². The van der Waals surface area contributed by atoms with Gasteiger partial charge in [0, 0.05) is 11.6 Å². The zero-order valence-corrected chi connectivity index (χ0v) is 16.5. The van der Waals surface area contributed by atoms with Gasteiger partial charge < -0.3 is 24.3 Å². The summed E-state index contributed by atoms with van der Waals surface area (Å²) in [6.07, 6.45) is 4.23. The number of aryl methyl sites for hydroxylation is 1. The van der Waals surface area contributed by atoms with Crippen LogP contribution in [0.5, 0.6) is 11.6 Å². The van der Waals surface area contributed by atoms with Crippen LogP contribution < -0.4 is 14.8 Å². The number of rotatable bonds is 7. The summed E-state index contributed by atoms with van der Waals surface area (Å²) in [6.45, 7) is 1.99. The third kappa shape index (κ3) is 3.65. The van der Waals surface area contributed by atoms with Crippen molar-refractivity contribution in [1.82, 2.24) is 10.3 Å². The van der Waals surface area contributed by atoms with Gasteiger partial charge in [-0.25, -0.2) is 4.98 Å². The second-order valence-electron chi connectivity index (χ2n) is 7.40. The summed E-state index contributed by atoms with van der Waals surface area (Å²) in [5.74, 6) is 1.43. The first-order valence-electron chi connectivity index (χ1n) is 9.62. The summed E-state index contributed by atoms with van der Waals surface area (Å²) in [7, 11) is 1.57. The van der Waals surface area contributed by atoms with E-state index in [2.05, 4.69) is 10.3 Å². The van der Waals surface area contributed by atoms with Crippen molar-refractivity contribution < 1.29 is 23.8 Å². The Hall–Kier alpha value is -3.06. The Balaban J connectivity index is 1.58. The molecule has 2 aromatic heterocycles. The number of methoxy groups -OCH3 is 1. The smallest absolute Gasteiger partial charge is 0.255 e. The highest BCUT2D eigenvalue weighted by Crippen LogP contribution is 2.34. The molecular weight excluding hydrogens is 372 g/mol. The van der Waals surface area contributed by atoms with E-state index in [-0.39, 0.29) is 19.1 Å². The Morgan fingerprint density at radius 2 is 2.17 bits per heavy atom. The van der Waals surface area contributed by atoms with E-state index in [4.69, 9.17) is 13.9 Å². The second-order valence-corrected chi connectivity index (χ2v) is 7.40. The van der Waals surface area contributed by atoms with Crippen LogP contribution in [0.1, 0.15) is 40.9 Å². The number of aliphatic hydroxyl groups is 1. The maximum absolute atomic E-state index is 12.9. The predicted molar refractivity (Wildman–Crippen MR) is 107 cm³/mol. The van der Waals surface area contributed by atoms with E-state index in [1.807, 2.05) is 12.1 Å². The molecule has 1 aliphatic carbocycles. The van der Waals surface area contributed by atoms with Gasteiger partial charge in [-0.3, -0.25) is 4.79 Å². The normalized spacial score (nSPS) is 15.0. The number of furan rings is 1. The number of nitrogens with one attached hydrogen (secondary N) is 1. The van der Waals surface area contributed by atoms with E-state index in [0.717, 1.165) is 24.8 Å². The first kappa shape index (κ1) is 19.3. The molecule has 0 bridgehead atoms. The molecule has 1 amide bonds. The van der Waals surface area contributed by atoms with Gasteiger partial charge >= 0.3 is 0 Å². The van der Waals surface area contributed by atoms with Crippen molar-refractivity contribution in [2.45, 2.75) is 38.3 Å². The molecule has 2 heterocycles. The molecule has 4 rings (SSSR count). The van der Waals surface area contributed by atoms with E-state index in [0.29, 0.717) is 33.9 Å². The molecule has 3 aromatic rings. The van der Waals surface area contributed by atoms with E-state index >= 15 is 0 Å². The highest BCUT2D eigenvalue weighted by Gasteiger charge is 2.38. The predicted octanol–water partition coefficient (Wildman–Crippen LogP) is 3.37. The number of pyridine rings is 1. The van der Waals surface area contributed by atoms with Gasteiger partial charge in [0.15, 0.2) is 0 Å². The lowest BCUT2D eigenvalue weighted by atomic mass is 9.77. The lowest BCUT2D eigenvalue weighted by Crippen LogP contribution is -2.56. The fraction of sp³-hybridized carbons (Fsp3) is 0.364. The third-order valence-electron chi connectivity index (χ3n) is 5.49. The van der Waals surface area contributed by atoms with Crippen molar-refractivity contribution in [2.24, 2.45) is 0 Å². The average molecular weight is 396 g/mol. The molecule has 1 fully saturated rings. The summed E-state index contributed by atoms with van der Waals surface area (Å²) in [6, 6.07) is 9.11. The number of aliphatic hydroxyl groups excluding tert-OH is 1. The van der Waals surface area contributed by atoms with Gasteiger partial charge in [0.1, 0.15) is 23.7 Å². The third-order valence-corrected chi connectivity index (χ3v) is 5.49. The van der Waals surface area contributed by atoms with Crippen molar-refractivity contribution in [2.75, 3.05) is 13.7 Å². The van der Waals surface area contributed by atoms with Crippen molar-refractivity contribution in [3.05, 3.63) is 53.4 Å². The van der Waals surface area contributed by atoms with Gasteiger partial charge in [0.25, 0.3) is 5.91 Å². The maximum Gasteiger partial charge on any atom is 0.255 e. The van der Waals surface area contributed by atoms with Crippen LogP contribution in [0.25, 0.3) is 11.0 Å². The Morgan fingerprint density at radius 3 is 2.86 bits per heavy atom. The van der Waals surface area contributed by atoms with Gasteiger partial charge in [-0.1, -0.05) is 0 Å². The van der Waals surface area contributed by atoms with Crippen LogP contribution in [0.4, 0.5) is 0 Å². The lowest BCUT2D eigenvalue weighted by Gasteiger charge is -2.40. The van der Waals surface area contributed by atoms with Crippen LogP contribution in [0, 0.1) is 6.92 Å². The van der Waals surface area contributed by atoms with E-state index in [9.17, 15) is 9.90 Å². The SMILES string of the molecule is COc1ncccc1COc1ccc2oc(C)c(C(=O)NC3(CO)CCC3)c2c1. The summed E-state index contributed by atoms with van der Waals surface area (Å²) in [4.78, 5) is 17.1. The molecule has 1 aromatic carbocycles. The molecule has 0 atom stereocenters. The number of carbonyl (C=O) groups is 1. The Kier molecular flexibility index (Phi) is 5.15. The highest BCUT2D eigenvalue weighted by atomic mass is 16.5. The fourth-order valence-corrected chi connectivity index (χ4v) is 3.68. The summed E-state index contributed by atoms with van der Waals surface area (Å²) < 4.78 is 16.9. The van der Waals surface area contributed by atoms with Gasteiger partial charge in [0.05, 0.1) is 30.4 Å². The minimum atomic E-state index is -0.516. The molecule has 152 valence electrons. The van der Waals surface area contributed by atoms with E-state index in [1.165, 1.54) is 0 Å². The molecule has 0 aliphatic heterocycles. The minimum absolute atomic E-state index is 0.0606. The number of amides is 1. The Bertz CT molecular complexity index is 1030. The van der Waals surface area contributed by atoms with Crippen molar-refractivity contribution in [3.63, 3.8) is 0 Å². The molecule has 0 radical (unpaired) electrons. The number of carbonyl (C=O) groups excluding carboxylic acids is 1. The fourth-order valence-electron chi connectivity index (χ4n) is 3.68. The summed E-state index contributed by atoms with van der Waals surface area (Å²) >= 11 is 0. The number of fused-ring (bicyclic) bond motifs is 1. The lowest BCUT2D eigenvalue weighted by molar-refractivity contribution is 0.0641. The topological polar surface area (TPSA) is 93.8 Å². The summed E-state index contributed by atoms with van der Waals surface area (Å²) in [5.41, 5.74) is 1.40. The Morgan fingerprint density at radius 1 is 1.34 bits per heavy atom. The van der Waals surface area contributed by atoms with Crippen LogP contribution in [0.15, 0.2) is 40.9 Å². The number of aromatic nitrogens is 1. The zero-order chi connectivity index (χ0) is 20.4. The number of benzene rings is 1. The number of hydrogen-bond donors (Lipinski definition) is 2. The van der Waals surface area contributed by atoms with E-state index in [1.54, 1.807) is 38.4 Å². The van der Waals surface area contributed by atoms with Crippen molar-refractivity contribution in [1.29, 1.82) is 0 Å². The first-order chi connectivity index (χ1) is 14.0. The molecule has 1 saturated carbocycles. The van der Waals surface area contributed by atoms with Gasteiger partial charge in [-0.05, 0) is 56.5 Å². The Labute approximate surface area is 168 Å². The zero-order valence-electron chi connectivity index (χ0n) is 16.5. The molecular formula is C22H24N2O5. The summed E-state index contributed by atoms with van der Waals surface area (Å²) in [5, 5.41) is 13.3. The van der Waals surface area contributed by atoms with Crippen molar-refractivity contribution >= 4 is 16.9 Å². The molecule has 0 saturated heterocycles. The number of nitrogens with zero attached hydrogens (tertiary/aromatic N) is 1. The van der Waals surface area contributed by atoms with Crippen LogP contribution in [-0.4, -0.2) is 35.3 Å². The molecule has 2 N–H and O–H groups in total. The molecule has 7 nitrogen and oxygen atoms in total. The molecule has 29 heavy (non-hydrogen) atoms. The average Bonchev–Trinajstić information content (AvgIpc) is 3.04.